The fourth-order valence-corrected chi connectivity index (χ4v) is 3.12. The predicted molar refractivity (Wildman–Crippen MR) is 118 cm³/mol. The van der Waals surface area contributed by atoms with Gasteiger partial charge >= 0.3 is 5.97 Å². The predicted octanol–water partition coefficient (Wildman–Crippen LogP) is -0.588. The number of hydrogen-bond donors (Lipinski definition) is 6. The quantitative estimate of drug-likeness (QED) is 0.170. The van der Waals surface area contributed by atoms with E-state index in [1.807, 2.05) is 20.1 Å². The highest BCUT2D eigenvalue weighted by Crippen LogP contribution is 2.05. The molecule has 174 valence electrons. The van der Waals surface area contributed by atoms with Gasteiger partial charge < -0.3 is 32.5 Å². The average Bonchev–Trinajstić information content (AvgIpc) is 2.68. The summed E-state index contributed by atoms with van der Waals surface area (Å²) >= 11 is 1.52. The van der Waals surface area contributed by atoms with E-state index in [0.29, 0.717) is 31.6 Å². The minimum Gasteiger partial charge on any atom is -0.480 e. The lowest BCUT2D eigenvalue weighted by Crippen LogP contribution is -2.53. The van der Waals surface area contributed by atoms with Crippen molar-refractivity contribution >= 4 is 35.5 Å². The molecule has 0 fully saturated rings. The molecule has 0 saturated heterocycles. The van der Waals surface area contributed by atoms with E-state index >= 15 is 0 Å². The summed E-state index contributed by atoms with van der Waals surface area (Å²) in [6.07, 6.45) is 4.48. The minimum absolute atomic E-state index is 0.0844. The molecule has 0 rings (SSSR count). The molecule has 0 radical (unpaired) electrons. The van der Waals surface area contributed by atoms with E-state index in [1.54, 1.807) is 0 Å². The van der Waals surface area contributed by atoms with Crippen molar-refractivity contribution in [2.45, 2.75) is 64.1 Å². The summed E-state index contributed by atoms with van der Waals surface area (Å²) in [5.74, 6) is -1.97. The monoisotopic (exact) mass is 447 g/mol. The molecule has 0 heterocycles. The normalized spacial score (nSPS) is 13.9. The van der Waals surface area contributed by atoms with E-state index in [9.17, 15) is 24.3 Å². The summed E-state index contributed by atoms with van der Waals surface area (Å²) in [6.45, 7) is 3.84. The van der Waals surface area contributed by atoms with Crippen LogP contribution in [0.4, 0.5) is 0 Å². The van der Waals surface area contributed by atoms with Crippen LogP contribution in [0.25, 0.3) is 0 Å². The SMILES string of the molecule is CSCCC(NC(=O)C(N)CCCCN)C(=O)NCC(=O)NC(CC(C)C)C(=O)O. The second kappa shape index (κ2) is 15.9. The van der Waals surface area contributed by atoms with Gasteiger partial charge in [0.1, 0.15) is 12.1 Å². The molecule has 30 heavy (non-hydrogen) atoms. The number of carbonyl (C=O) groups is 4. The number of thioether (sulfide) groups is 1. The van der Waals surface area contributed by atoms with Crippen molar-refractivity contribution in [3.8, 4) is 0 Å². The molecule has 0 aromatic carbocycles. The second-order valence-corrected chi connectivity index (χ2v) is 8.52. The fraction of sp³-hybridized carbons (Fsp3) is 0.789. The molecule has 0 aromatic heterocycles. The van der Waals surface area contributed by atoms with Gasteiger partial charge in [0.15, 0.2) is 0 Å². The van der Waals surface area contributed by atoms with E-state index in [0.717, 1.165) is 6.42 Å². The van der Waals surface area contributed by atoms with E-state index in [2.05, 4.69) is 16.0 Å². The van der Waals surface area contributed by atoms with Crippen LogP contribution in [0.1, 0.15) is 46.0 Å². The number of unbranched alkanes of at least 4 members (excludes halogenated alkanes) is 1. The van der Waals surface area contributed by atoms with E-state index < -0.39 is 41.8 Å². The van der Waals surface area contributed by atoms with Gasteiger partial charge in [0, 0.05) is 0 Å². The Morgan fingerprint density at radius 3 is 2.20 bits per heavy atom. The maximum atomic E-state index is 12.5. The summed E-state index contributed by atoms with van der Waals surface area (Å²) in [7, 11) is 0. The molecular weight excluding hydrogens is 410 g/mol. The zero-order valence-electron chi connectivity index (χ0n) is 18.1. The van der Waals surface area contributed by atoms with Crippen molar-refractivity contribution in [1.29, 1.82) is 0 Å². The molecule has 11 heteroatoms. The van der Waals surface area contributed by atoms with Gasteiger partial charge in [-0.05, 0) is 50.2 Å². The van der Waals surface area contributed by atoms with Crippen LogP contribution in [-0.4, -0.2) is 72.0 Å². The lowest BCUT2D eigenvalue weighted by molar-refractivity contribution is -0.142. The molecule has 0 aliphatic heterocycles. The standard InChI is InChI=1S/C19H37N5O5S/c1-12(2)10-15(19(28)29)23-16(25)11-22-18(27)14(7-9-30-3)24-17(26)13(21)6-4-5-8-20/h12-15H,4-11,20-21H2,1-3H3,(H,22,27)(H,23,25)(H,24,26)(H,28,29). The molecule has 3 amide bonds. The van der Waals surface area contributed by atoms with Gasteiger partial charge in [0.2, 0.25) is 17.7 Å². The first-order valence-corrected chi connectivity index (χ1v) is 11.6. The van der Waals surface area contributed by atoms with Crippen molar-refractivity contribution in [3.05, 3.63) is 0 Å². The molecule has 0 spiro atoms. The van der Waals surface area contributed by atoms with Crippen molar-refractivity contribution in [2.75, 3.05) is 25.1 Å². The van der Waals surface area contributed by atoms with Crippen molar-refractivity contribution in [3.63, 3.8) is 0 Å². The molecule has 0 aromatic rings. The molecule has 10 nitrogen and oxygen atoms in total. The zero-order chi connectivity index (χ0) is 23.1. The summed E-state index contributed by atoms with van der Waals surface area (Å²) in [5, 5.41) is 16.7. The third-order valence-electron chi connectivity index (χ3n) is 4.31. The van der Waals surface area contributed by atoms with Crippen LogP contribution < -0.4 is 27.4 Å². The van der Waals surface area contributed by atoms with Crippen molar-refractivity contribution in [1.82, 2.24) is 16.0 Å². The Hall–Kier alpha value is -1.85. The van der Waals surface area contributed by atoms with Gasteiger partial charge in [-0.15, -0.1) is 0 Å². The number of hydrogen-bond acceptors (Lipinski definition) is 7. The summed E-state index contributed by atoms with van der Waals surface area (Å²) < 4.78 is 0. The number of carbonyl (C=O) groups excluding carboxylic acids is 3. The minimum atomic E-state index is -1.13. The van der Waals surface area contributed by atoms with E-state index in [4.69, 9.17) is 11.5 Å². The molecule has 3 atom stereocenters. The molecule has 0 bridgehead atoms. The Morgan fingerprint density at radius 2 is 1.67 bits per heavy atom. The smallest absolute Gasteiger partial charge is 0.326 e. The highest BCUT2D eigenvalue weighted by Gasteiger charge is 2.25. The number of carboxylic acid groups (broad SMARTS) is 1. The van der Waals surface area contributed by atoms with Crippen LogP contribution in [0.5, 0.6) is 0 Å². The number of carboxylic acids is 1. The lowest BCUT2D eigenvalue weighted by Gasteiger charge is -2.21. The maximum absolute atomic E-state index is 12.5. The Balaban J connectivity index is 4.73. The third-order valence-corrected chi connectivity index (χ3v) is 4.96. The highest BCUT2D eigenvalue weighted by atomic mass is 32.2. The Labute approximate surface area is 182 Å². The number of aliphatic carboxylic acids is 1. The average molecular weight is 448 g/mol. The molecule has 8 N–H and O–H groups in total. The van der Waals surface area contributed by atoms with Crippen molar-refractivity contribution < 1.29 is 24.3 Å². The first-order valence-electron chi connectivity index (χ1n) is 10.2. The zero-order valence-corrected chi connectivity index (χ0v) is 18.9. The number of nitrogens with one attached hydrogen (secondary N) is 3. The van der Waals surface area contributed by atoms with Gasteiger partial charge in [0.25, 0.3) is 0 Å². The molecule has 0 aliphatic rings. The highest BCUT2D eigenvalue weighted by molar-refractivity contribution is 7.98. The number of nitrogens with two attached hydrogens (primary N) is 2. The number of rotatable bonds is 16. The van der Waals surface area contributed by atoms with Crippen molar-refractivity contribution in [2.24, 2.45) is 17.4 Å². The first kappa shape index (κ1) is 28.1. The van der Waals surface area contributed by atoms with Crippen LogP contribution >= 0.6 is 11.8 Å². The fourth-order valence-electron chi connectivity index (χ4n) is 2.65. The molecule has 0 aliphatic carbocycles. The first-order chi connectivity index (χ1) is 14.1. The Kier molecular flexibility index (Phi) is 14.9. The second-order valence-electron chi connectivity index (χ2n) is 7.54. The van der Waals surface area contributed by atoms with Gasteiger partial charge in [0.05, 0.1) is 12.6 Å². The van der Waals surface area contributed by atoms with Crippen LogP contribution in [0.3, 0.4) is 0 Å². The Morgan fingerprint density at radius 1 is 1.00 bits per heavy atom. The molecular formula is C19H37N5O5S. The Bertz CT molecular complexity index is 561. The van der Waals surface area contributed by atoms with Gasteiger partial charge in [-0.1, -0.05) is 20.3 Å². The van der Waals surface area contributed by atoms with Gasteiger partial charge in [-0.3, -0.25) is 14.4 Å². The van der Waals surface area contributed by atoms with Crippen LogP contribution in [-0.2, 0) is 19.2 Å². The molecule has 0 saturated carbocycles. The maximum Gasteiger partial charge on any atom is 0.326 e. The summed E-state index contributed by atoms with van der Waals surface area (Å²) in [4.78, 5) is 48.0. The third kappa shape index (κ3) is 12.7. The number of amides is 3. The summed E-state index contributed by atoms with van der Waals surface area (Å²) in [6, 6.07) is -2.59. The van der Waals surface area contributed by atoms with E-state index in [-0.39, 0.29) is 18.9 Å². The lowest BCUT2D eigenvalue weighted by atomic mass is 10.0. The van der Waals surface area contributed by atoms with E-state index in [1.165, 1.54) is 11.8 Å². The van der Waals surface area contributed by atoms with Gasteiger partial charge in [-0.2, -0.15) is 11.8 Å². The van der Waals surface area contributed by atoms with Crippen LogP contribution in [0.2, 0.25) is 0 Å². The van der Waals surface area contributed by atoms with Gasteiger partial charge in [-0.25, -0.2) is 4.79 Å². The largest absolute Gasteiger partial charge is 0.480 e. The summed E-state index contributed by atoms with van der Waals surface area (Å²) in [5.41, 5.74) is 11.3. The van der Waals surface area contributed by atoms with Crippen LogP contribution in [0, 0.1) is 5.92 Å². The van der Waals surface area contributed by atoms with Crippen LogP contribution in [0.15, 0.2) is 0 Å². The molecule has 3 unspecified atom stereocenters. The topological polar surface area (TPSA) is 177 Å².